The maximum absolute atomic E-state index is 4.37. The fraction of sp³-hybridized carbons (Fsp3) is 0.0270. The molecule has 0 fully saturated rings. The molecular formula is C74H48N4. The van der Waals surface area contributed by atoms with Crippen molar-refractivity contribution in [1.82, 2.24) is 18.3 Å². The van der Waals surface area contributed by atoms with Gasteiger partial charge in [-0.25, -0.2) is 0 Å². The van der Waals surface area contributed by atoms with Crippen molar-refractivity contribution in [2.75, 3.05) is 0 Å². The summed E-state index contributed by atoms with van der Waals surface area (Å²) in [4.78, 5) is 0. The van der Waals surface area contributed by atoms with Crippen molar-refractivity contribution < 1.29 is 0 Å². The monoisotopic (exact) mass is 992 g/mol. The molecule has 15 aromatic rings. The molecule has 0 amide bonds. The van der Waals surface area contributed by atoms with Crippen LogP contribution < -0.4 is 0 Å². The fourth-order valence-corrected chi connectivity index (χ4v) is 14.4. The first-order valence-electron chi connectivity index (χ1n) is 27.1. The zero-order valence-electron chi connectivity index (χ0n) is 42.8. The smallest absolute Gasteiger partial charge is 0.0728 e. The Balaban J connectivity index is 1.03. The highest BCUT2D eigenvalue weighted by atomic mass is 15.0. The number of para-hydroxylation sites is 7. The van der Waals surface area contributed by atoms with E-state index in [1.807, 2.05) is 6.08 Å². The zero-order chi connectivity index (χ0) is 51.4. The lowest BCUT2D eigenvalue weighted by Crippen LogP contribution is -2.27. The second-order valence-electron chi connectivity index (χ2n) is 21.1. The Kier molecular flexibility index (Phi) is 8.81. The van der Waals surface area contributed by atoms with Gasteiger partial charge in [-0.2, -0.15) is 0 Å². The van der Waals surface area contributed by atoms with Gasteiger partial charge in [0.25, 0.3) is 0 Å². The third-order valence-corrected chi connectivity index (χ3v) is 17.5. The number of benzene rings is 11. The predicted octanol–water partition coefficient (Wildman–Crippen LogP) is 18.9. The van der Waals surface area contributed by atoms with Gasteiger partial charge in [-0.05, 0) is 149 Å². The molecule has 4 heterocycles. The molecule has 2 aliphatic rings. The number of aromatic nitrogens is 4. The van der Waals surface area contributed by atoms with Crippen LogP contribution in [-0.2, 0) is 5.41 Å². The van der Waals surface area contributed by atoms with Crippen LogP contribution in [0.4, 0.5) is 0 Å². The Bertz CT molecular complexity index is 4640. The Labute approximate surface area is 450 Å². The van der Waals surface area contributed by atoms with Gasteiger partial charge in [-0.1, -0.05) is 170 Å². The number of nitrogens with zero attached hydrogens (tertiary/aromatic N) is 4. The molecule has 0 N–H and O–H groups in total. The molecule has 1 spiro atoms. The first kappa shape index (κ1) is 43.1. The van der Waals surface area contributed by atoms with Crippen molar-refractivity contribution in [2.45, 2.75) is 12.3 Å². The summed E-state index contributed by atoms with van der Waals surface area (Å²) < 4.78 is 9.91. The normalized spacial score (nSPS) is 13.3. The fourth-order valence-electron chi connectivity index (χ4n) is 14.4. The minimum Gasteiger partial charge on any atom is -0.309 e. The van der Waals surface area contributed by atoms with E-state index in [-0.39, 0.29) is 0 Å². The van der Waals surface area contributed by atoms with Crippen molar-refractivity contribution in [1.29, 1.82) is 0 Å². The van der Waals surface area contributed by atoms with E-state index in [2.05, 4.69) is 287 Å². The minimum atomic E-state index is -0.783. The molecule has 4 aromatic heterocycles. The molecule has 4 nitrogen and oxygen atoms in total. The number of hydrogen-bond donors (Lipinski definition) is 0. The Hall–Kier alpha value is -10.2. The molecule has 11 aromatic carbocycles. The Morgan fingerprint density at radius 1 is 0.308 bits per heavy atom. The molecule has 2 aliphatic carbocycles. The summed E-state index contributed by atoms with van der Waals surface area (Å²) in [5.74, 6) is 0. The lowest BCUT2D eigenvalue weighted by molar-refractivity contribution is 0.789. The molecule has 0 aliphatic heterocycles. The van der Waals surface area contributed by atoms with Gasteiger partial charge < -0.3 is 18.3 Å². The maximum Gasteiger partial charge on any atom is 0.0728 e. The van der Waals surface area contributed by atoms with Crippen molar-refractivity contribution >= 4 is 88.5 Å². The standard InChI is InChI=1S/C74H48N4/c1-3-19-66-50(4-2)55-20-5-12-27-67(55)75(66)46-34-38-51-52-39-35-47(76-68-28-13-6-21-56(68)57-22-7-14-29-69(57)76)43-63(52)74(62(51)42-46)64-44-48(77-70-30-15-8-23-58(70)59-24-9-16-31-71(59)77)36-40-53(64)54-41-37-49(45-65(54)74)78-72-32-17-10-25-60(72)61-26-11-18-33-73(61)78/h3-45H,2H2,1H3/b19-3-. The summed E-state index contributed by atoms with van der Waals surface area (Å²) in [7, 11) is 0. The van der Waals surface area contributed by atoms with E-state index >= 15 is 0 Å². The predicted molar refractivity (Wildman–Crippen MR) is 327 cm³/mol. The van der Waals surface area contributed by atoms with Crippen LogP contribution in [0.3, 0.4) is 0 Å². The summed E-state index contributed by atoms with van der Waals surface area (Å²) in [5.41, 5.74) is 24.3. The molecule has 0 radical (unpaired) electrons. The highest BCUT2D eigenvalue weighted by Gasteiger charge is 2.53. The molecule has 17 rings (SSSR count). The first-order valence-corrected chi connectivity index (χ1v) is 27.1. The molecule has 78 heavy (non-hydrogen) atoms. The van der Waals surface area contributed by atoms with Gasteiger partial charge in [0.05, 0.1) is 49.7 Å². The second kappa shape index (κ2) is 15.9. The van der Waals surface area contributed by atoms with Crippen LogP contribution in [0.25, 0.3) is 133 Å². The van der Waals surface area contributed by atoms with Crippen LogP contribution in [-0.4, -0.2) is 18.3 Å². The van der Waals surface area contributed by atoms with E-state index < -0.39 is 5.41 Å². The van der Waals surface area contributed by atoms with Crippen LogP contribution in [0.5, 0.6) is 0 Å². The van der Waals surface area contributed by atoms with Crippen LogP contribution in [0.2, 0.25) is 0 Å². The van der Waals surface area contributed by atoms with Gasteiger partial charge in [0.15, 0.2) is 0 Å². The van der Waals surface area contributed by atoms with Gasteiger partial charge in [0.2, 0.25) is 0 Å². The molecule has 0 saturated carbocycles. The van der Waals surface area contributed by atoms with Crippen LogP contribution in [0.1, 0.15) is 40.4 Å². The maximum atomic E-state index is 4.37. The Morgan fingerprint density at radius 3 is 0.846 bits per heavy atom. The van der Waals surface area contributed by atoms with E-state index in [0.29, 0.717) is 0 Å². The zero-order valence-corrected chi connectivity index (χ0v) is 42.8. The van der Waals surface area contributed by atoms with E-state index in [1.165, 1.54) is 115 Å². The van der Waals surface area contributed by atoms with Gasteiger partial charge >= 0.3 is 0 Å². The summed E-state index contributed by atoms with van der Waals surface area (Å²) in [6.45, 7) is 6.48. The quantitative estimate of drug-likeness (QED) is 0.158. The topological polar surface area (TPSA) is 19.7 Å². The molecule has 4 heteroatoms. The Morgan fingerprint density at radius 2 is 0.564 bits per heavy atom. The van der Waals surface area contributed by atoms with E-state index in [0.717, 1.165) is 39.5 Å². The number of hydrogen-bond acceptors (Lipinski definition) is 0. The molecule has 0 bridgehead atoms. The first-order chi connectivity index (χ1) is 38.6. The summed E-state index contributed by atoms with van der Waals surface area (Å²) in [6.07, 6.45) is 6.41. The molecule has 0 atom stereocenters. The van der Waals surface area contributed by atoms with Crippen LogP contribution in [0, 0.1) is 0 Å². The third kappa shape index (κ3) is 5.52. The highest BCUT2D eigenvalue weighted by Crippen LogP contribution is 2.64. The van der Waals surface area contributed by atoms with Crippen molar-refractivity contribution in [3.05, 3.63) is 289 Å². The van der Waals surface area contributed by atoms with Gasteiger partial charge in [0, 0.05) is 66.0 Å². The molecule has 0 saturated heterocycles. The average Bonchev–Trinajstić information content (AvgIpc) is 3.84. The summed E-state index contributed by atoms with van der Waals surface area (Å²) >= 11 is 0. The summed E-state index contributed by atoms with van der Waals surface area (Å²) in [6, 6.07) is 91.2. The summed E-state index contributed by atoms with van der Waals surface area (Å²) in [5, 5.41) is 8.65. The van der Waals surface area contributed by atoms with Crippen molar-refractivity contribution in [2.24, 2.45) is 0 Å². The van der Waals surface area contributed by atoms with E-state index in [4.69, 9.17) is 0 Å². The van der Waals surface area contributed by atoms with Crippen molar-refractivity contribution in [3.63, 3.8) is 0 Å². The number of allylic oxidation sites excluding steroid dienone is 1. The lowest BCUT2D eigenvalue weighted by atomic mass is 9.70. The lowest BCUT2D eigenvalue weighted by Gasteiger charge is -2.32. The van der Waals surface area contributed by atoms with Crippen LogP contribution >= 0.6 is 0 Å². The molecular weight excluding hydrogens is 945 g/mol. The second-order valence-corrected chi connectivity index (χ2v) is 21.1. The largest absolute Gasteiger partial charge is 0.309 e. The number of rotatable bonds is 6. The van der Waals surface area contributed by atoms with Crippen molar-refractivity contribution in [3.8, 4) is 45.0 Å². The average molecular weight is 993 g/mol. The number of fused-ring (bicyclic) bond motifs is 20. The van der Waals surface area contributed by atoms with E-state index in [9.17, 15) is 0 Å². The van der Waals surface area contributed by atoms with Crippen LogP contribution in [0.15, 0.2) is 255 Å². The van der Waals surface area contributed by atoms with Gasteiger partial charge in [-0.15, -0.1) is 0 Å². The minimum absolute atomic E-state index is 0.783. The van der Waals surface area contributed by atoms with Gasteiger partial charge in [0.1, 0.15) is 0 Å². The molecule has 0 unspecified atom stereocenters. The third-order valence-electron chi connectivity index (χ3n) is 17.5. The SMILES string of the molecule is C=Cc1c(/C=C\C)n(-c2ccc3c(c2)C2(c4cc(-n5c6ccccc6c6ccccc65)ccc4-3)c3cc(-n4c5ccccc5c5ccccc54)ccc3-c3ccc(-n4c5ccccc5c5ccccc54)cc32)c2ccccc12. The van der Waals surface area contributed by atoms with E-state index in [1.54, 1.807) is 0 Å². The highest BCUT2D eigenvalue weighted by molar-refractivity contribution is 6.12. The van der Waals surface area contributed by atoms with Gasteiger partial charge in [-0.3, -0.25) is 0 Å². The molecule has 364 valence electrons.